The van der Waals surface area contributed by atoms with Gasteiger partial charge in [-0.25, -0.2) is 21.2 Å². The van der Waals surface area contributed by atoms with Crippen LogP contribution in [0.1, 0.15) is 25.7 Å². The third-order valence-electron chi connectivity index (χ3n) is 6.08. The number of hydrogen-bond acceptors (Lipinski definition) is 5. The Balaban J connectivity index is 1.53. The Kier molecular flexibility index (Phi) is 8.25. The van der Waals surface area contributed by atoms with Crippen molar-refractivity contribution in [3.8, 4) is 0 Å². The van der Waals surface area contributed by atoms with Gasteiger partial charge in [-0.05, 0) is 61.4 Å². The van der Waals surface area contributed by atoms with Crippen LogP contribution in [0.5, 0.6) is 0 Å². The number of rotatable bonds is 8. The van der Waals surface area contributed by atoms with E-state index in [1.807, 2.05) is 0 Å². The van der Waals surface area contributed by atoms with Gasteiger partial charge in [0, 0.05) is 18.8 Å². The summed E-state index contributed by atoms with van der Waals surface area (Å²) in [6.07, 6.45) is 3.64. The SMILES string of the molecule is O=C(CN(c1ccccc1F)S(=O)(=O)c1ccccc1)Nc1ccc(S(=O)(=O)N2CCCCCC2)cc1. The van der Waals surface area contributed by atoms with Crippen molar-refractivity contribution in [2.75, 3.05) is 29.3 Å². The van der Waals surface area contributed by atoms with Crippen LogP contribution >= 0.6 is 0 Å². The molecule has 8 nitrogen and oxygen atoms in total. The molecule has 11 heteroatoms. The van der Waals surface area contributed by atoms with Crippen molar-refractivity contribution < 1.29 is 26.0 Å². The minimum Gasteiger partial charge on any atom is -0.325 e. The zero-order valence-electron chi connectivity index (χ0n) is 20.1. The lowest BCUT2D eigenvalue weighted by Crippen LogP contribution is -2.38. The van der Waals surface area contributed by atoms with Gasteiger partial charge < -0.3 is 5.32 Å². The van der Waals surface area contributed by atoms with Gasteiger partial charge in [0.25, 0.3) is 10.0 Å². The Morgan fingerprint density at radius 3 is 2.00 bits per heavy atom. The molecule has 0 saturated carbocycles. The van der Waals surface area contributed by atoms with E-state index < -0.39 is 38.3 Å². The van der Waals surface area contributed by atoms with Gasteiger partial charge in [-0.3, -0.25) is 9.10 Å². The zero-order chi connectivity index (χ0) is 26.5. The lowest BCUT2D eigenvalue weighted by Gasteiger charge is -2.24. The number of halogens is 1. The zero-order valence-corrected chi connectivity index (χ0v) is 21.7. The molecule has 0 aromatic heterocycles. The second-order valence-electron chi connectivity index (χ2n) is 8.67. The van der Waals surface area contributed by atoms with E-state index in [0.717, 1.165) is 31.7 Å². The molecule has 1 aliphatic heterocycles. The number of benzene rings is 3. The molecule has 1 N–H and O–H groups in total. The van der Waals surface area contributed by atoms with E-state index in [1.165, 1.54) is 71.0 Å². The number of nitrogens with one attached hydrogen (secondary N) is 1. The molecule has 4 rings (SSSR count). The lowest BCUT2D eigenvalue weighted by atomic mass is 10.2. The molecule has 1 heterocycles. The minimum absolute atomic E-state index is 0.0888. The Labute approximate surface area is 216 Å². The van der Waals surface area contributed by atoms with Crippen LogP contribution in [-0.4, -0.2) is 46.7 Å². The summed E-state index contributed by atoms with van der Waals surface area (Å²) in [7, 11) is -7.91. The maximum absolute atomic E-state index is 14.6. The number of nitrogens with zero attached hydrogens (tertiary/aromatic N) is 2. The fraction of sp³-hybridized carbons (Fsp3) is 0.269. The van der Waals surface area contributed by atoms with E-state index in [4.69, 9.17) is 0 Å². The summed E-state index contributed by atoms with van der Waals surface area (Å²) in [5, 5.41) is 2.58. The monoisotopic (exact) mass is 545 g/mol. The summed E-state index contributed by atoms with van der Waals surface area (Å²) in [6, 6.07) is 18.5. The van der Waals surface area contributed by atoms with E-state index in [0.29, 0.717) is 17.4 Å². The summed E-state index contributed by atoms with van der Waals surface area (Å²) < 4.78 is 69.4. The number of sulfonamides is 2. The van der Waals surface area contributed by atoms with Gasteiger partial charge in [0.1, 0.15) is 12.4 Å². The summed E-state index contributed by atoms with van der Waals surface area (Å²) in [5.74, 6) is -1.51. The first-order valence-corrected chi connectivity index (χ1v) is 14.8. The molecule has 3 aromatic rings. The maximum atomic E-state index is 14.6. The van der Waals surface area contributed by atoms with Crippen molar-refractivity contribution in [1.82, 2.24) is 4.31 Å². The van der Waals surface area contributed by atoms with Crippen molar-refractivity contribution in [3.05, 3.63) is 84.7 Å². The van der Waals surface area contributed by atoms with Crippen LogP contribution in [0, 0.1) is 5.82 Å². The standard InChI is InChI=1S/C26H28FN3O5S2/c27-24-12-6-7-13-25(24)30(37(34,35)22-10-4-3-5-11-22)20-26(31)28-21-14-16-23(17-15-21)36(32,33)29-18-8-1-2-9-19-29/h3-7,10-17H,1-2,8-9,18-20H2,(H,28,31). The van der Waals surface area contributed by atoms with Crippen LogP contribution in [0.4, 0.5) is 15.8 Å². The lowest BCUT2D eigenvalue weighted by molar-refractivity contribution is -0.114. The molecule has 1 saturated heterocycles. The molecular formula is C26H28FN3O5S2. The molecule has 0 spiro atoms. The summed E-state index contributed by atoms with van der Waals surface area (Å²) >= 11 is 0. The fourth-order valence-electron chi connectivity index (χ4n) is 4.15. The Morgan fingerprint density at radius 1 is 0.784 bits per heavy atom. The van der Waals surface area contributed by atoms with Crippen LogP contribution in [0.15, 0.2) is 88.7 Å². The molecule has 1 aliphatic rings. The predicted octanol–water partition coefficient (Wildman–Crippen LogP) is 4.22. The van der Waals surface area contributed by atoms with Crippen LogP contribution in [0.3, 0.4) is 0 Å². The topological polar surface area (TPSA) is 104 Å². The number of carbonyl (C=O) groups excluding carboxylic acids is 1. The number of hydrogen-bond donors (Lipinski definition) is 1. The average molecular weight is 546 g/mol. The first-order valence-electron chi connectivity index (χ1n) is 11.9. The molecule has 0 bridgehead atoms. The highest BCUT2D eigenvalue weighted by Gasteiger charge is 2.29. The summed E-state index contributed by atoms with van der Waals surface area (Å²) in [5.41, 5.74) is 0.0193. The van der Waals surface area contributed by atoms with E-state index in [-0.39, 0.29) is 21.2 Å². The highest BCUT2D eigenvalue weighted by atomic mass is 32.2. The number of carbonyl (C=O) groups is 1. The van der Waals surface area contributed by atoms with Crippen molar-refractivity contribution in [2.45, 2.75) is 35.5 Å². The summed E-state index contributed by atoms with van der Waals surface area (Å²) in [6.45, 7) is 0.261. The third-order valence-corrected chi connectivity index (χ3v) is 9.77. The predicted molar refractivity (Wildman–Crippen MR) is 140 cm³/mol. The molecule has 1 amide bonds. The molecule has 1 fully saturated rings. The van der Waals surface area contributed by atoms with Gasteiger partial charge in [0.2, 0.25) is 15.9 Å². The second-order valence-corrected chi connectivity index (χ2v) is 12.5. The molecule has 0 unspecified atom stereocenters. The van der Waals surface area contributed by atoms with E-state index in [2.05, 4.69) is 5.32 Å². The molecule has 0 atom stereocenters. The first-order chi connectivity index (χ1) is 17.7. The van der Waals surface area contributed by atoms with Crippen molar-refractivity contribution in [3.63, 3.8) is 0 Å². The molecule has 196 valence electrons. The second kappa shape index (κ2) is 11.4. The van der Waals surface area contributed by atoms with Gasteiger partial charge in [-0.2, -0.15) is 4.31 Å². The quantitative estimate of drug-likeness (QED) is 0.456. The van der Waals surface area contributed by atoms with E-state index in [1.54, 1.807) is 6.07 Å². The molecule has 0 aliphatic carbocycles. The van der Waals surface area contributed by atoms with Gasteiger partial charge in [0.15, 0.2) is 0 Å². The van der Waals surface area contributed by atoms with Gasteiger partial charge >= 0.3 is 0 Å². The Bertz CT molecular complexity index is 1440. The molecule has 0 radical (unpaired) electrons. The van der Waals surface area contributed by atoms with Gasteiger partial charge in [-0.15, -0.1) is 0 Å². The molecule has 37 heavy (non-hydrogen) atoms. The highest BCUT2D eigenvalue weighted by Crippen LogP contribution is 2.27. The fourth-order valence-corrected chi connectivity index (χ4v) is 7.11. The molecule has 3 aromatic carbocycles. The number of para-hydroxylation sites is 1. The number of amides is 1. The van der Waals surface area contributed by atoms with Crippen molar-refractivity contribution in [2.24, 2.45) is 0 Å². The molecular weight excluding hydrogens is 517 g/mol. The van der Waals surface area contributed by atoms with Crippen molar-refractivity contribution >= 4 is 37.3 Å². The minimum atomic E-state index is -4.26. The van der Waals surface area contributed by atoms with Crippen LogP contribution in [0.25, 0.3) is 0 Å². The van der Waals surface area contributed by atoms with Crippen molar-refractivity contribution in [1.29, 1.82) is 0 Å². The normalized spacial score (nSPS) is 15.1. The smallest absolute Gasteiger partial charge is 0.264 e. The Morgan fingerprint density at radius 2 is 1.38 bits per heavy atom. The highest BCUT2D eigenvalue weighted by molar-refractivity contribution is 7.92. The van der Waals surface area contributed by atoms with E-state index >= 15 is 0 Å². The van der Waals surface area contributed by atoms with Crippen LogP contribution in [-0.2, 0) is 24.8 Å². The Hall–Kier alpha value is -3.28. The maximum Gasteiger partial charge on any atom is 0.264 e. The average Bonchev–Trinajstić information content (AvgIpc) is 3.19. The van der Waals surface area contributed by atoms with Gasteiger partial charge in [0.05, 0.1) is 15.5 Å². The number of anilines is 2. The first kappa shape index (κ1) is 26.8. The summed E-state index contributed by atoms with van der Waals surface area (Å²) in [4.78, 5) is 12.9. The largest absolute Gasteiger partial charge is 0.325 e. The third kappa shape index (κ3) is 6.17. The van der Waals surface area contributed by atoms with Gasteiger partial charge in [-0.1, -0.05) is 43.2 Å². The van der Waals surface area contributed by atoms with E-state index in [9.17, 15) is 26.0 Å². The van der Waals surface area contributed by atoms with Crippen LogP contribution < -0.4 is 9.62 Å². The van der Waals surface area contributed by atoms with Crippen LogP contribution in [0.2, 0.25) is 0 Å².